The van der Waals surface area contributed by atoms with Gasteiger partial charge >= 0.3 is 0 Å². The molecule has 0 saturated heterocycles. The molecule has 1 aromatic carbocycles. The van der Waals surface area contributed by atoms with E-state index in [4.69, 9.17) is 4.74 Å². The molecule has 0 bridgehead atoms. The summed E-state index contributed by atoms with van der Waals surface area (Å²) in [4.78, 5) is 18.6. The Labute approximate surface area is 171 Å². The second-order valence-corrected chi connectivity index (χ2v) is 7.49. The fraction of sp³-hybridized carbons (Fsp3) is 0.190. The van der Waals surface area contributed by atoms with Gasteiger partial charge in [0.25, 0.3) is 5.91 Å². The van der Waals surface area contributed by atoms with E-state index < -0.39 is 5.82 Å². The molecule has 6 nitrogen and oxygen atoms in total. The van der Waals surface area contributed by atoms with E-state index in [1.807, 2.05) is 24.4 Å². The van der Waals surface area contributed by atoms with E-state index in [0.717, 1.165) is 4.88 Å². The molecule has 4 aromatic rings. The normalized spacial score (nSPS) is 11.0. The molecule has 0 aliphatic heterocycles. The van der Waals surface area contributed by atoms with Crippen LogP contribution in [-0.2, 0) is 6.54 Å². The summed E-state index contributed by atoms with van der Waals surface area (Å²) in [5.41, 5.74) is 2.14. The van der Waals surface area contributed by atoms with Gasteiger partial charge in [0, 0.05) is 22.3 Å². The summed E-state index contributed by atoms with van der Waals surface area (Å²) in [5, 5.41) is 9.81. The zero-order chi connectivity index (χ0) is 20.4. The largest absolute Gasteiger partial charge is 0.491 e. The molecule has 4 rings (SSSR count). The summed E-state index contributed by atoms with van der Waals surface area (Å²) in [6, 6.07) is 10.1. The molecule has 0 radical (unpaired) electrons. The number of benzene rings is 1. The minimum Gasteiger partial charge on any atom is -0.491 e. The molecule has 8 heteroatoms. The van der Waals surface area contributed by atoms with Gasteiger partial charge in [0.05, 0.1) is 30.3 Å². The standard InChI is InChI=1S/C21H19FN4O2S/c1-3-28-19-7-6-14(10-18(19)22)25-21(27)16-9-13(2)24-20-17(16)11-23-26(20)12-15-5-4-8-29-15/h4-11H,3,12H2,1-2H3,(H,25,27). The number of hydrogen-bond donors (Lipinski definition) is 1. The van der Waals surface area contributed by atoms with Crippen molar-refractivity contribution in [3.05, 3.63) is 69.9 Å². The van der Waals surface area contributed by atoms with Crippen molar-refractivity contribution in [2.24, 2.45) is 0 Å². The van der Waals surface area contributed by atoms with E-state index in [-0.39, 0.29) is 11.7 Å². The maximum absolute atomic E-state index is 14.1. The van der Waals surface area contributed by atoms with Gasteiger partial charge < -0.3 is 10.1 Å². The number of aryl methyl sites for hydroxylation is 1. The van der Waals surface area contributed by atoms with Crippen LogP contribution in [0.2, 0.25) is 0 Å². The van der Waals surface area contributed by atoms with E-state index >= 15 is 0 Å². The van der Waals surface area contributed by atoms with Crippen LogP contribution in [0.1, 0.15) is 27.9 Å². The predicted octanol–water partition coefficient (Wildman–Crippen LogP) is 4.64. The summed E-state index contributed by atoms with van der Waals surface area (Å²) in [7, 11) is 0. The number of hydrogen-bond acceptors (Lipinski definition) is 5. The van der Waals surface area contributed by atoms with Crippen molar-refractivity contribution in [2.75, 3.05) is 11.9 Å². The number of rotatable bonds is 6. The van der Waals surface area contributed by atoms with Crippen molar-refractivity contribution >= 4 is 34.0 Å². The Bertz CT molecular complexity index is 1170. The van der Waals surface area contributed by atoms with Gasteiger partial charge in [-0.3, -0.25) is 4.79 Å². The molecule has 0 fully saturated rings. The Morgan fingerprint density at radius 1 is 1.31 bits per heavy atom. The fourth-order valence-corrected chi connectivity index (χ4v) is 3.76. The number of aromatic nitrogens is 3. The van der Waals surface area contributed by atoms with E-state index in [9.17, 15) is 9.18 Å². The van der Waals surface area contributed by atoms with Gasteiger partial charge in [-0.25, -0.2) is 14.1 Å². The van der Waals surface area contributed by atoms with Gasteiger partial charge in [-0.05, 0) is 43.5 Å². The number of nitrogens with one attached hydrogen (secondary N) is 1. The molecule has 148 valence electrons. The minimum atomic E-state index is -0.524. The van der Waals surface area contributed by atoms with Gasteiger partial charge in [0.2, 0.25) is 0 Å². The molecule has 0 aliphatic carbocycles. The molecule has 1 N–H and O–H groups in total. The molecule has 3 heterocycles. The maximum atomic E-state index is 14.1. The lowest BCUT2D eigenvalue weighted by molar-refractivity contribution is 0.102. The number of thiophene rings is 1. The average molecular weight is 410 g/mol. The second kappa shape index (κ2) is 8.00. The molecule has 0 saturated carbocycles. The number of fused-ring (bicyclic) bond motifs is 1. The van der Waals surface area contributed by atoms with Gasteiger partial charge in [0.15, 0.2) is 17.2 Å². The highest BCUT2D eigenvalue weighted by Crippen LogP contribution is 2.24. The average Bonchev–Trinajstić information content (AvgIpc) is 3.34. The quantitative estimate of drug-likeness (QED) is 0.503. The number of carbonyl (C=O) groups excluding carboxylic acids is 1. The molecule has 3 aromatic heterocycles. The molecule has 1 amide bonds. The van der Waals surface area contributed by atoms with Crippen molar-refractivity contribution in [3.8, 4) is 5.75 Å². The predicted molar refractivity (Wildman–Crippen MR) is 111 cm³/mol. The highest BCUT2D eigenvalue weighted by Gasteiger charge is 2.17. The molecular weight excluding hydrogens is 391 g/mol. The SMILES string of the molecule is CCOc1ccc(NC(=O)c2cc(C)nc3c2cnn3Cc2cccs2)cc1F. The monoisotopic (exact) mass is 410 g/mol. The Balaban J connectivity index is 1.64. The molecule has 0 unspecified atom stereocenters. The van der Waals surface area contributed by atoms with E-state index in [0.29, 0.717) is 41.1 Å². The minimum absolute atomic E-state index is 0.155. The number of ether oxygens (including phenoxy) is 1. The topological polar surface area (TPSA) is 69.0 Å². The van der Waals surface area contributed by atoms with E-state index in [1.54, 1.807) is 41.3 Å². The highest BCUT2D eigenvalue weighted by atomic mass is 32.1. The van der Waals surface area contributed by atoms with Gasteiger partial charge in [-0.2, -0.15) is 5.10 Å². The van der Waals surface area contributed by atoms with Crippen LogP contribution in [0, 0.1) is 12.7 Å². The van der Waals surface area contributed by atoms with Crippen molar-refractivity contribution < 1.29 is 13.9 Å². The van der Waals surface area contributed by atoms with Crippen LogP contribution >= 0.6 is 11.3 Å². The van der Waals surface area contributed by atoms with Crippen LogP contribution in [0.3, 0.4) is 0 Å². The summed E-state index contributed by atoms with van der Waals surface area (Å²) >= 11 is 1.64. The lowest BCUT2D eigenvalue weighted by Gasteiger charge is -2.10. The number of nitrogens with zero attached hydrogens (tertiary/aromatic N) is 3. The Morgan fingerprint density at radius 2 is 2.17 bits per heavy atom. The summed E-state index contributed by atoms with van der Waals surface area (Å²) in [6.45, 7) is 4.56. The summed E-state index contributed by atoms with van der Waals surface area (Å²) in [5.74, 6) is -0.716. The molecular formula is C21H19FN4O2S. The van der Waals surface area contributed by atoms with Crippen LogP contribution in [0.5, 0.6) is 5.75 Å². The zero-order valence-electron chi connectivity index (χ0n) is 16.0. The van der Waals surface area contributed by atoms with E-state index in [2.05, 4.69) is 15.4 Å². The van der Waals surface area contributed by atoms with Crippen molar-refractivity contribution in [3.63, 3.8) is 0 Å². The zero-order valence-corrected chi connectivity index (χ0v) is 16.8. The summed E-state index contributed by atoms with van der Waals surface area (Å²) in [6.07, 6.45) is 1.64. The third kappa shape index (κ3) is 3.97. The van der Waals surface area contributed by atoms with Crippen LogP contribution in [0.15, 0.2) is 48.0 Å². The number of pyridine rings is 1. The van der Waals surface area contributed by atoms with Gasteiger partial charge in [-0.1, -0.05) is 6.07 Å². The van der Waals surface area contributed by atoms with Crippen molar-refractivity contribution in [2.45, 2.75) is 20.4 Å². The number of amides is 1. The summed E-state index contributed by atoms with van der Waals surface area (Å²) < 4.78 is 21.1. The third-order valence-corrected chi connectivity index (χ3v) is 5.22. The van der Waals surface area contributed by atoms with Crippen LogP contribution < -0.4 is 10.1 Å². The molecule has 29 heavy (non-hydrogen) atoms. The van der Waals surface area contributed by atoms with Crippen molar-refractivity contribution in [1.82, 2.24) is 14.8 Å². The Kier molecular flexibility index (Phi) is 5.26. The van der Waals surface area contributed by atoms with Crippen molar-refractivity contribution in [1.29, 1.82) is 0 Å². The smallest absolute Gasteiger partial charge is 0.256 e. The van der Waals surface area contributed by atoms with Gasteiger partial charge in [-0.15, -0.1) is 11.3 Å². The third-order valence-electron chi connectivity index (χ3n) is 4.36. The maximum Gasteiger partial charge on any atom is 0.256 e. The van der Waals surface area contributed by atoms with Crippen LogP contribution in [0.4, 0.5) is 10.1 Å². The number of carbonyl (C=O) groups is 1. The lowest BCUT2D eigenvalue weighted by atomic mass is 10.1. The Morgan fingerprint density at radius 3 is 2.90 bits per heavy atom. The number of anilines is 1. The second-order valence-electron chi connectivity index (χ2n) is 6.46. The number of halogens is 1. The fourth-order valence-electron chi connectivity index (χ4n) is 3.08. The Hall–Kier alpha value is -3.26. The molecule has 0 aliphatic rings. The first-order chi connectivity index (χ1) is 14.0. The molecule has 0 spiro atoms. The lowest BCUT2D eigenvalue weighted by Crippen LogP contribution is -2.13. The first kappa shape index (κ1) is 19.1. The highest BCUT2D eigenvalue weighted by molar-refractivity contribution is 7.09. The van der Waals surface area contributed by atoms with Gasteiger partial charge in [0.1, 0.15) is 0 Å². The van der Waals surface area contributed by atoms with Crippen LogP contribution in [0.25, 0.3) is 11.0 Å². The van der Waals surface area contributed by atoms with Crippen LogP contribution in [-0.4, -0.2) is 27.3 Å². The molecule has 0 atom stereocenters. The first-order valence-electron chi connectivity index (χ1n) is 9.14. The van der Waals surface area contributed by atoms with E-state index in [1.165, 1.54) is 12.1 Å². The first-order valence-corrected chi connectivity index (χ1v) is 10.0.